The smallest absolute Gasteiger partial charge is 0.337 e. The molecule has 1 heterocycles. The second kappa shape index (κ2) is 9.41. The van der Waals surface area contributed by atoms with Gasteiger partial charge in [0.1, 0.15) is 17.8 Å². The summed E-state index contributed by atoms with van der Waals surface area (Å²) in [6.07, 6.45) is 4.15. The van der Waals surface area contributed by atoms with Crippen LogP contribution < -0.4 is 10.1 Å². The van der Waals surface area contributed by atoms with Gasteiger partial charge in [0.05, 0.1) is 25.7 Å². The largest absolute Gasteiger partial charge is 0.496 e. The first kappa shape index (κ1) is 23.1. The van der Waals surface area contributed by atoms with Gasteiger partial charge in [-0.05, 0) is 51.0 Å². The zero-order chi connectivity index (χ0) is 23.7. The number of ketones is 1. The summed E-state index contributed by atoms with van der Waals surface area (Å²) in [7, 11) is 2.85. The average Bonchev–Trinajstić information content (AvgIpc) is 3.30. The van der Waals surface area contributed by atoms with Crippen LogP contribution in [-0.2, 0) is 23.9 Å². The Kier molecular flexibility index (Phi) is 6.58. The molecule has 0 unspecified atom stereocenters. The van der Waals surface area contributed by atoms with Crippen molar-refractivity contribution in [1.82, 2.24) is 5.32 Å². The molecule has 1 N–H and O–H groups in total. The summed E-state index contributed by atoms with van der Waals surface area (Å²) in [6, 6.07) is 7.35. The number of esters is 2. The molecule has 1 aromatic carbocycles. The minimum atomic E-state index is -0.918. The van der Waals surface area contributed by atoms with Crippen molar-refractivity contribution in [1.29, 1.82) is 0 Å². The van der Waals surface area contributed by atoms with Crippen LogP contribution in [0.3, 0.4) is 0 Å². The lowest BCUT2D eigenvalue weighted by Crippen LogP contribution is -2.43. The van der Waals surface area contributed by atoms with Gasteiger partial charge in [0.25, 0.3) is 0 Å². The molecule has 0 bridgehead atoms. The van der Waals surface area contributed by atoms with Crippen LogP contribution in [0.5, 0.6) is 5.75 Å². The Hall–Kier alpha value is -3.09. The molecule has 0 amide bonds. The molecule has 7 heteroatoms. The van der Waals surface area contributed by atoms with Crippen molar-refractivity contribution < 1.29 is 28.6 Å². The van der Waals surface area contributed by atoms with E-state index in [-0.39, 0.29) is 17.8 Å². The highest BCUT2D eigenvalue weighted by molar-refractivity contribution is 6.12. The molecule has 4 rings (SSSR count). The summed E-state index contributed by atoms with van der Waals surface area (Å²) in [5, 5.41) is 3.29. The Labute approximate surface area is 194 Å². The number of nitrogens with one attached hydrogen (secondary N) is 1. The van der Waals surface area contributed by atoms with Gasteiger partial charge in [-0.15, -0.1) is 0 Å². The normalized spacial score (nSPS) is 25.5. The van der Waals surface area contributed by atoms with E-state index in [2.05, 4.69) is 5.32 Å². The first-order valence-electron chi connectivity index (χ1n) is 11.5. The number of methoxy groups -OCH3 is 2. The van der Waals surface area contributed by atoms with Crippen molar-refractivity contribution in [3.8, 4) is 5.75 Å². The monoisotopic (exact) mass is 453 g/mol. The highest BCUT2D eigenvalue weighted by atomic mass is 16.5. The maximum atomic E-state index is 13.8. The van der Waals surface area contributed by atoms with Gasteiger partial charge in [0.15, 0.2) is 5.78 Å². The van der Waals surface area contributed by atoms with Gasteiger partial charge in [0, 0.05) is 22.5 Å². The van der Waals surface area contributed by atoms with E-state index in [4.69, 9.17) is 14.2 Å². The highest BCUT2D eigenvalue weighted by Crippen LogP contribution is 2.47. The number of carbonyl (C=O) groups excluding carboxylic acids is 3. The fourth-order valence-electron chi connectivity index (χ4n) is 5.39. The third-order valence-corrected chi connectivity index (χ3v) is 6.99. The number of allylic oxidation sites excluding steroid dienone is 3. The summed E-state index contributed by atoms with van der Waals surface area (Å²) < 4.78 is 16.4. The molecule has 1 aromatic rings. The number of hydrogen-bond acceptors (Lipinski definition) is 7. The van der Waals surface area contributed by atoms with Crippen molar-refractivity contribution in [2.75, 3.05) is 14.2 Å². The SMILES string of the molecule is COC(=O)[C@H]1C(=O)C2=C(C[C@@H]1C)NC(C)=C(C(=O)OC1CCCC1)[C@@H]2c1ccccc1OC. The minimum Gasteiger partial charge on any atom is -0.496 e. The van der Waals surface area contributed by atoms with Crippen molar-refractivity contribution in [2.45, 2.75) is 58.0 Å². The molecule has 1 fully saturated rings. The lowest BCUT2D eigenvalue weighted by molar-refractivity contribution is -0.151. The summed E-state index contributed by atoms with van der Waals surface area (Å²) in [5.41, 5.74) is 2.88. The number of rotatable bonds is 5. The molecule has 176 valence electrons. The molecule has 7 nitrogen and oxygen atoms in total. The Morgan fingerprint density at radius 2 is 1.79 bits per heavy atom. The lowest BCUT2D eigenvalue weighted by atomic mass is 9.69. The predicted molar refractivity (Wildman–Crippen MR) is 121 cm³/mol. The van der Waals surface area contributed by atoms with Crippen molar-refractivity contribution in [2.24, 2.45) is 11.8 Å². The van der Waals surface area contributed by atoms with Crippen LogP contribution in [0.2, 0.25) is 0 Å². The van der Waals surface area contributed by atoms with E-state index < -0.39 is 23.8 Å². The van der Waals surface area contributed by atoms with Crippen LogP contribution in [0.25, 0.3) is 0 Å². The number of hydrogen-bond donors (Lipinski definition) is 1. The van der Waals surface area contributed by atoms with E-state index in [0.29, 0.717) is 34.6 Å². The molecule has 3 aliphatic rings. The molecule has 0 radical (unpaired) electrons. The first-order valence-corrected chi connectivity index (χ1v) is 11.5. The number of dihydropyridines is 1. The number of para-hydroxylation sites is 1. The van der Waals surface area contributed by atoms with Crippen LogP contribution >= 0.6 is 0 Å². The zero-order valence-electron chi connectivity index (χ0n) is 19.6. The van der Waals surface area contributed by atoms with E-state index in [1.807, 2.05) is 32.0 Å². The Bertz CT molecular complexity index is 1030. The summed E-state index contributed by atoms with van der Waals surface area (Å²) in [5.74, 6) is -2.59. The summed E-state index contributed by atoms with van der Waals surface area (Å²) >= 11 is 0. The van der Waals surface area contributed by atoms with Crippen molar-refractivity contribution >= 4 is 17.7 Å². The average molecular weight is 454 g/mol. The number of ether oxygens (including phenoxy) is 3. The van der Waals surface area contributed by atoms with Gasteiger partial charge in [0.2, 0.25) is 0 Å². The van der Waals surface area contributed by atoms with Gasteiger partial charge in [-0.25, -0.2) is 4.79 Å². The Balaban J connectivity index is 1.84. The third kappa shape index (κ3) is 4.16. The number of benzene rings is 1. The van der Waals surface area contributed by atoms with Crippen molar-refractivity contribution in [3.63, 3.8) is 0 Å². The van der Waals surface area contributed by atoms with E-state index in [0.717, 1.165) is 31.4 Å². The lowest BCUT2D eigenvalue weighted by Gasteiger charge is -2.38. The molecule has 33 heavy (non-hydrogen) atoms. The van der Waals surface area contributed by atoms with Crippen LogP contribution in [0.15, 0.2) is 46.8 Å². The maximum Gasteiger partial charge on any atom is 0.337 e. The predicted octanol–water partition coefficient (Wildman–Crippen LogP) is 3.79. The van der Waals surface area contributed by atoms with Crippen LogP contribution in [-0.4, -0.2) is 38.0 Å². The standard InChI is InChI=1S/C26H31NO6/c1-14-13-18-23(24(28)20(14)25(29)32-4)22(17-11-7-8-12-19(17)31-3)21(15(2)27-18)26(30)33-16-9-5-6-10-16/h7-8,11-12,14,16,20,22,27H,5-6,9-10,13H2,1-4H3/t14-,20+,22-/m0/s1. The molecule has 1 saturated carbocycles. The minimum absolute atomic E-state index is 0.114. The molecular weight excluding hydrogens is 422 g/mol. The topological polar surface area (TPSA) is 90.9 Å². The molecule has 1 aliphatic heterocycles. The van der Waals surface area contributed by atoms with E-state index in [1.54, 1.807) is 13.2 Å². The molecule has 0 aromatic heterocycles. The quantitative estimate of drug-likeness (QED) is 0.536. The fourth-order valence-corrected chi connectivity index (χ4v) is 5.39. The van der Waals surface area contributed by atoms with Gasteiger partial charge in [-0.3, -0.25) is 9.59 Å². The van der Waals surface area contributed by atoms with Gasteiger partial charge in [-0.2, -0.15) is 0 Å². The van der Waals surface area contributed by atoms with Gasteiger partial charge < -0.3 is 19.5 Å². The summed E-state index contributed by atoms with van der Waals surface area (Å²) in [4.78, 5) is 39.8. The second-order valence-corrected chi connectivity index (χ2v) is 9.09. The van der Waals surface area contributed by atoms with Crippen LogP contribution in [0.1, 0.15) is 57.4 Å². The summed E-state index contributed by atoms with van der Waals surface area (Å²) in [6.45, 7) is 3.70. The third-order valence-electron chi connectivity index (χ3n) is 6.99. The van der Waals surface area contributed by atoms with E-state index in [9.17, 15) is 14.4 Å². The van der Waals surface area contributed by atoms with Crippen molar-refractivity contribution in [3.05, 3.63) is 52.4 Å². The highest BCUT2D eigenvalue weighted by Gasteiger charge is 2.48. The first-order chi connectivity index (χ1) is 15.9. The molecule has 2 aliphatic carbocycles. The van der Waals surface area contributed by atoms with Gasteiger partial charge in [-0.1, -0.05) is 25.1 Å². The van der Waals surface area contributed by atoms with Crippen LogP contribution in [0.4, 0.5) is 0 Å². The second-order valence-electron chi connectivity index (χ2n) is 9.09. The number of Topliss-reactive ketones (excluding diaryl/α,β-unsaturated/α-hetero) is 1. The zero-order valence-corrected chi connectivity index (χ0v) is 19.6. The maximum absolute atomic E-state index is 13.8. The molecular formula is C26H31NO6. The molecule has 0 saturated heterocycles. The Morgan fingerprint density at radius 1 is 1.09 bits per heavy atom. The molecule has 3 atom stereocenters. The van der Waals surface area contributed by atoms with Gasteiger partial charge >= 0.3 is 11.9 Å². The van der Waals surface area contributed by atoms with Crippen LogP contribution in [0, 0.1) is 11.8 Å². The fraction of sp³-hybridized carbons (Fsp3) is 0.500. The number of carbonyl (C=O) groups is 3. The Morgan fingerprint density at radius 3 is 2.45 bits per heavy atom. The van der Waals surface area contributed by atoms with E-state index in [1.165, 1.54) is 7.11 Å². The molecule has 0 spiro atoms. The van der Waals surface area contributed by atoms with E-state index >= 15 is 0 Å².